The first-order valence-corrected chi connectivity index (χ1v) is 28.5. The fraction of sp³-hybridized carbons (Fsp3) is 0.415. The number of hydrogen-bond donors (Lipinski definition) is 2. The van der Waals surface area contributed by atoms with Crippen LogP contribution >= 0.6 is 0 Å². The molecule has 430 valence electrons. The third-order valence-corrected chi connectivity index (χ3v) is 14.6. The van der Waals surface area contributed by atoms with E-state index in [-0.39, 0.29) is 48.2 Å². The highest BCUT2D eigenvalue weighted by atomic mass is 16.6. The number of fused-ring (bicyclic) bond motifs is 1. The van der Waals surface area contributed by atoms with Crippen molar-refractivity contribution in [2.24, 2.45) is 23.7 Å². The minimum Gasteiger partial charge on any atom is -0.494 e. The van der Waals surface area contributed by atoms with Crippen molar-refractivity contribution in [3.8, 4) is 28.7 Å². The highest BCUT2D eigenvalue weighted by Gasteiger charge is 2.34. The monoisotopic (exact) mass is 1110 g/mol. The van der Waals surface area contributed by atoms with E-state index < -0.39 is 17.9 Å². The van der Waals surface area contributed by atoms with E-state index in [2.05, 4.69) is 24.0 Å². The van der Waals surface area contributed by atoms with Gasteiger partial charge in [-0.1, -0.05) is 61.7 Å². The molecule has 2 saturated carbocycles. The predicted octanol–water partition coefficient (Wildman–Crippen LogP) is 12.1. The molecule has 7 rings (SSSR count). The van der Waals surface area contributed by atoms with Crippen LogP contribution in [0.3, 0.4) is 0 Å². The summed E-state index contributed by atoms with van der Waals surface area (Å²) in [6.45, 7) is 9.07. The fourth-order valence-electron chi connectivity index (χ4n) is 9.87. The quantitative estimate of drug-likeness (QED) is 0.0103. The summed E-state index contributed by atoms with van der Waals surface area (Å²) in [5, 5.41) is 2.13. The number of ether oxygens (including phenoxy) is 8. The summed E-state index contributed by atoms with van der Waals surface area (Å²) in [6.07, 6.45) is 13.8. The van der Waals surface area contributed by atoms with E-state index >= 15 is 0 Å². The second-order valence-corrected chi connectivity index (χ2v) is 20.4. The Balaban J connectivity index is 0.829. The normalized spacial score (nSPS) is 16.7. The van der Waals surface area contributed by atoms with Gasteiger partial charge in [0.2, 0.25) is 0 Å². The highest BCUT2D eigenvalue weighted by molar-refractivity contribution is 5.93. The van der Waals surface area contributed by atoms with Gasteiger partial charge in [0, 0.05) is 36.1 Å². The summed E-state index contributed by atoms with van der Waals surface area (Å²) in [5.41, 5.74) is 9.15. The first-order valence-electron chi connectivity index (χ1n) is 28.5. The van der Waals surface area contributed by atoms with Gasteiger partial charge < -0.3 is 43.3 Å². The molecule has 2 N–H and O–H groups in total. The first-order chi connectivity index (χ1) is 39.5. The van der Waals surface area contributed by atoms with Crippen molar-refractivity contribution in [1.29, 1.82) is 0 Å². The molecule has 0 amide bonds. The van der Waals surface area contributed by atoms with Gasteiger partial charge in [0.1, 0.15) is 28.7 Å². The molecular weight excluding hydrogens is 1030 g/mol. The van der Waals surface area contributed by atoms with Crippen LogP contribution in [0.1, 0.15) is 114 Å². The summed E-state index contributed by atoms with van der Waals surface area (Å²) >= 11 is 0. The lowest BCUT2D eigenvalue weighted by molar-refractivity contribution is -0.152. The molecule has 16 heteroatoms. The van der Waals surface area contributed by atoms with Crippen molar-refractivity contribution in [3.63, 3.8) is 0 Å². The summed E-state index contributed by atoms with van der Waals surface area (Å²) in [7, 11) is 0. The topological polar surface area (TPSA) is 200 Å². The Hall–Kier alpha value is -7.98. The first kappa shape index (κ1) is 60.7. The molecule has 0 heterocycles. The van der Waals surface area contributed by atoms with Crippen molar-refractivity contribution < 1.29 is 66.7 Å². The summed E-state index contributed by atoms with van der Waals surface area (Å²) in [5.74, 6) is -0.869. The number of anilines is 1. The van der Waals surface area contributed by atoms with E-state index in [9.17, 15) is 28.8 Å². The summed E-state index contributed by atoms with van der Waals surface area (Å²) < 4.78 is 45.0. The zero-order valence-electron chi connectivity index (χ0n) is 46.2. The molecule has 0 aliphatic heterocycles. The van der Waals surface area contributed by atoms with Gasteiger partial charge in [-0.3, -0.25) is 19.2 Å². The van der Waals surface area contributed by atoms with Crippen LogP contribution in [0.5, 0.6) is 28.7 Å². The van der Waals surface area contributed by atoms with Gasteiger partial charge in [-0.15, -0.1) is 0 Å². The number of carbonyl (C=O) groups excluding carboxylic acids is 6. The zero-order chi connectivity index (χ0) is 57.0. The average molecular weight is 1110 g/mol. The fourth-order valence-corrected chi connectivity index (χ4v) is 9.87. The van der Waals surface area contributed by atoms with Crippen LogP contribution in [0.4, 0.5) is 5.69 Å². The molecular formula is C65H76N2O14. The molecule has 2 aliphatic carbocycles. The number of hydrazine groups is 1. The van der Waals surface area contributed by atoms with Crippen molar-refractivity contribution in [2.45, 2.75) is 116 Å². The van der Waals surface area contributed by atoms with E-state index in [1.54, 1.807) is 54.6 Å². The Bertz CT molecular complexity index is 2850. The lowest BCUT2D eigenvalue weighted by atomic mass is 9.82. The molecule has 0 saturated heterocycles. The number of esters is 6. The maximum Gasteiger partial charge on any atom is 0.330 e. The van der Waals surface area contributed by atoms with Crippen LogP contribution in [0.15, 0.2) is 135 Å². The smallest absolute Gasteiger partial charge is 0.330 e. The number of unbranched alkanes of at least 4 members (excludes halogenated alkanes) is 6. The van der Waals surface area contributed by atoms with Gasteiger partial charge in [-0.25, -0.2) is 15.0 Å². The van der Waals surface area contributed by atoms with Gasteiger partial charge in [0.25, 0.3) is 0 Å². The maximum absolute atomic E-state index is 13.8. The number of nitrogens with one attached hydrogen (secondary N) is 2. The maximum atomic E-state index is 13.8. The van der Waals surface area contributed by atoms with Crippen LogP contribution in [-0.2, 0) is 55.9 Å². The molecule has 16 nitrogen and oxygen atoms in total. The SMILES string of the molecule is C=CC(=O)OCCCCCCOc1ccc(OC(=O)C2CCC(C(=O)OCCc3ccc(OC(=O)C4CCC(C(=O)Oc5ccc(OCCCCCCOC(=O)C=C)cc5)CC4)c(CNNc4cccc5ccccc45)c3)CC2)cc1. The molecule has 0 bridgehead atoms. The molecule has 0 unspecified atom stereocenters. The van der Waals surface area contributed by atoms with E-state index in [1.807, 2.05) is 54.6 Å². The summed E-state index contributed by atoms with van der Waals surface area (Å²) in [6, 6.07) is 33.6. The van der Waals surface area contributed by atoms with Crippen molar-refractivity contribution >= 4 is 52.3 Å². The van der Waals surface area contributed by atoms with Gasteiger partial charge in [0.15, 0.2) is 0 Å². The molecule has 0 radical (unpaired) electrons. The Morgan fingerprint density at radius 3 is 1.43 bits per heavy atom. The lowest BCUT2D eigenvalue weighted by Gasteiger charge is -2.26. The molecule has 2 aliphatic rings. The number of hydrogen-bond acceptors (Lipinski definition) is 16. The Kier molecular flexibility index (Phi) is 24.7. The molecule has 0 spiro atoms. The predicted molar refractivity (Wildman–Crippen MR) is 306 cm³/mol. The molecule has 0 aromatic heterocycles. The van der Waals surface area contributed by atoms with Crippen molar-refractivity contribution in [1.82, 2.24) is 5.43 Å². The van der Waals surface area contributed by atoms with E-state index in [1.165, 1.54) is 0 Å². The van der Waals surface area contributed by atoms with Gasteiger partial charge in [-0.05, 0) is 174 Å². The largest absolute Gasteiger partial charge is 0.494 e. The molecule has 81 heavy (non-hydrogen) atoms. The van der Waals surface area contributed by atoms with E-state index in [0.717, 1.165) is 91.1 Å². The average Bonchev–Trinajstić information content (AvgIpc) is 3.49. The molecule has 5 aromatic carbocycles. The Morgan fingerprint density at radius 2 is 0.914 bits per heavy atom. The van der Waals surface area contributed by atoms with Crippen molar-refractivity contribution in [2.75, 3.05) is 38.5 Å². The third kappa shape index (κ3) is 20.3. The summed E-state index contributed by atoms with van der Waals surface area (Å²) in [4.78, 5) is 75.6. The Morgan fingerprint density at radius 1 is 0.457 bits per heavy atom. The third-order valence-electron chi connectivity index (χ3n) is 14.6. The lowest BCUT2D eigenvalue weighted by Crippen LogP contribution is -2.30. The van der Waals surface area contributed by atoms with E-state index in [0.29, 0.717) is 120 Å². The molecule has 5 aromatic rings. The van der Waals surface area contributed by atoms with Crippen LogP contribution in [0, 0.1) is 23.7 Å². The van der Waals surface area contributed by atoms with Crippen LogP contribution in [-0.4, -0.2) is 68.9 Å². The minimum atomic E-state index is -0.409. The van der Waals surface area contributed by atoms with E-state index in [4.69, 9.17) is 37.9 Å². The van der Waals surface area contributed by atoms with Crippen LogP contribution < -0.4 is 34.5 Å². The van der Waals surface area contributed by atoms with Crippen LogP contribution in [0.25, 0.3) is 10.8 Å². The molecule has 0 atom stereocenters. The number of rotatable bonds is 32. The van der Waals surface area contributed by atoms with Crippen molar-refractivity contribution in [3.05, 3.63) is 146 Å². The second-order valence-electron chi connectivity index (χ2n) is 20.4. The highest BCUT2D eigenvalue weighted by Crippen LogP contribution is 2.34. The second kappa shape index (κ2) is 32.9. The molecule has 2 fully saturated rings. The van der Waals surface area contributed by atoms with Crippen LogP contribution in [0.2, 0.25) is 0 Å². The van der Waals surface area contributed by atoms with Gasteiger partial charge >= 0.3 is 35.8 Å². The number of benzene rings is 5. The standard InChI is InChI=1S/C65H76N2O14/c1-3-60(68)76-41-13-7-5-11-39-74-53-29-33-55(34-30-53)79-63(71)49-23-21-48(22-24-49)62(70)78-43-38-46-20-37-59(52(44-46)45-66-67-58-19-15-17-47-16-9-10-18-57(47)58)81-65(73)51-27-25-50(26-28-51)64(72)80-56-35-31-54(32-36-56)75-40-12-6-8-14-42-77-61(69)4-2/h3-4,9-10,15-20,29-37,44,48-51,66-67H,1-2,5-8,11-14,21-28,38-43,45H2. The number of carbonyl (C=O) groups is 6. The van der Waals surface area contributed by atoms with Gasteiger partial charge in [-0.2, -0.15) is 0 Å². The zero-order valence-corrected chi connectivity index (χ0v) is 46.2. The Labute approximate surface area is 474 Å². The van der Waals surface area contributed by atoms with Gasteiger partial charge in [0.05, 0.1) is 62.4 Å². The minimum absolute atomic E-state index is 0.155.